The number of benzene rings is 1. The van der Waals surface area contributed by atoms with Crippen molar-refractivity contribution in [3.63, 3.8) is 0 Å². The Morgan fingerprint density at radius 2 is 2.00 bits per heavy atom. The van der Waals surface area contributed by atoms with Crippen LogP contribution in [0.1, 0.15) is 32.8 Å². The van der Waals surface area contributed by atoms with Gasteiger partial charge in [-0.05, 0) is 26.3 Å². The lowest BCUT2D eigenvalue weighted by molar-refractivity contribution is -0.149. The first-order valence-corrected chi connectivity index (χ1v) is 8.16. The summed E-state index contributed by atoms with van der Waals surface area (Å²) in [7, 11) is 1.30. The number of amidine groups is 1. The number of nitrogens with zero attached hydrogens (tertiary/aromatic N) is 1. The standard InChI is InChI=1S/C18H25N3O4/c1-12(19)10-17(2,3)25-15(22)14-20-11-18(21-14,16(23)24-4)13-8-6-5-7-9-13/h5-9,12H,10-11,19H2,1-4H3,(H,20,21). The number of nitrogens with one attached hydrogen (secondary N) is 1. The first-order valence-electron chi connectivity index (χ1n) is 8.16. The van der Waals surface area contributed by atoms with Crippen LogP contribution in [0.3, 0.4) is 0 Å². The van der Waals surface area contributed by atoms with E-state index in [9.17, 15) is 9.59 Å². The number of ether oxygens (including phenoxy) is 2. The minimum atomic E-state index is -1.23. The summed E-state index contributed by atoms with van der Waals surface area (Å²) in [5.41, 5.74) is 4.49. The van der Waals surface area contributed by atoms with Gasteiger partial charge in [0, 0.05) is 12.5 Å². The molecule has 25 heavy (non-hydrogen) atoms. The number of carbonyl (C=O) groups excluding carboxylic acids is 2. The van der Waals surface area contributed by atoms with Crippen molar-refractivity contribution in [3.05, 3.63) is 35.9 Å². The fourth-order valence-corrected chi connectivity index (χ4v) is 3.00. The number of aliphatic imine (C=N–C) groups is 1. The van der Waals surface area contributed by atoms with Gasteiger partial charge in [-0.25, -0.2) is 9.59 Å². The van der Waals surface area contributed by atoms with E-state index in [4.69, 9.17) is 15.2 Å². The van der Waals surface area contributed by atoms with Crippen LogP contribution in [0.15, 0.2) is 35.3 Å². The normalized spacial score (nSPS) is 21.1. The molecule has 7 heteroatoms. The molecule has 2 atom stereocenters. The maximum atomic E-state index is 12.5. The molecule has 0 amide bonds. The highest BCUT2D eigenvalue weighted by atomic mass is 16.6. The van der Waals surface area contributed by atoms with Crippen molar-refractivity contribution in [2.24, 2.45) is 10.7 Å². The Morgan fingerprint density at radius 1 is 1.36 bits per heavy atom. The smallest absolute Gasteiger partial charge is 0.374 e. The second-order valence-corrected chi connectivity index (χ2v) is 6.88. The molecular formula is C18H25N3O4. The Hall–Kier alpha value is -2.41. The van der Waals surface area contributed by atoms with E-state index in [0.29, 0.717) is 12.0 Å². The lowest BCUT2D eigenvalue weighted by Crippen LogP contribution is -2.52. The van der Waals surface area contributed by atoms with E-state index in [1.165, 1.54) is 7.11 Å². The van der Waals surface area contributed by atoms with E-state index < -0.39 is 23.1 Å². The third-order valence-electron chi connectivity index (χ3n) is 3.98. The molecule has 1 heterocycles. The molecule has 0 spiro atoms. The summed E-state index contributed by atoms with van der Waals surface area (Å²) >= 11 is 0. The summed E-state index contributed by atoms with van der Waals surface area (Å²) in [6.07, 6.45) is 0.507. The molecule has 0 bridgehead atoms. The quantitative estimate of drug-likeness (QED) is 0.748. The van der Waals surface area contributed by atoms with Crippen molar-refractivity contribution >= 4 is 17.8 Å². The summed E-state index contributed by atoms with van der Waals surface area (Å²) < 4.78 is 10.4. The Balaban J connectivity index is 2.19. The van der Waals surface area contributed by atoms with Gasteiger partial charge in [0.1, 0.15) is 5.60 Å². The van der Waals surface area contributed by atoms with Crippen LogP contribution in [0, 0.1) is 0 Å². The lowest BCUT2D eigenvalue weighted by Gasteiger charge is -2.29. The van der Waals surface area contributed by atoms with E-state index >= 15 is 0 Å². The van der Waals surface area contributed by atoms with E-state index in [1.807, 2.05) is 25.1 Å². The van der Waals surface area contributed by atoms with Gasteiger partial charge in [-0.2, -0.15) is 0 Å². The molecule has 0 aliphatic carbocycles. The molecular weight excluding hydrogens is 322 g/mol. The average Bonchev–Trinajstić information content (AvgIpc) is 3.00. The summed E-state index contributed by atoms with van der Waals surface area (Å²) in [6, 6.07) is 8.92. The monoisotopic (exact) mass is 347 g/mol. The fraction of sp³-hybridized carbons (Fsp3) is 0.500. The molecule has 7 nitrogen and oxygen atoms in total. The van der Waals surface area contributed by atoms with Gasteiger partial charge in [-0.3, -0.25) is 4.99 Å². The number of hydrogen-bond donors (Lipinski definition) is 2. The minimum Gasteiger partial charge on any atom is -0.467 e. The zero-order valence-corrected chi connectivity index (χ0v) is 15.0. The molecule has 1 aliphatic heterocycles. The largest absolute Gasteiger partial charge is 0.467 e. The molecule has 0 saturated carbocycles. The van der Waals surface area contributed by atoms with Gasteiger partial charge < -0.3 is 20.5 Å². The number of rotatable bonds is 6. The summed E-state index contributed by atoms with van der Waals surface area (Å²) in [5, 5.41) is 2.92. The topological polar surface area (TPSA) is 103 Å². The van der Waals surface area contributed by atoms with Crippen LogP contribution in [0.5, 0.6) is 0 Å². The summed E-state index contributed by atoms with van der Waals surface area (Å²) in [6.45, 7) is 5.48. The van der Waals surface area contributed by atoms with Gasteiger partial charge in [0.15, 0.2) is 5.54 Å². The van der Waals surface area contributed by atoms with Crippen molar-refractivity contribution in [1.82, 2.24) is 5.32 Å². The lowest BCUT2D eigenvalue weighted by atomic mass is 9.90. The molecule has 0 fully saturated rings. The Kier molecular flexibility index (Phi) is 5.47. The SMILES string of the molecule is COC(=O)C1(c2ccccc2)CN=C(C(=O)OC(C)(C)CC(C)N)N1. The van der Waals surface area contributed by atoms with Crippen molar-refractivity contribution in [2.75, 3.05) is 13.7 Å². The van der Waals surface area contributed by atoms with Crippen LogP contribution in [-0.4, -0.2) is 43.1 Å². The zero-order valence-electron chi connectivity index (χ0n) is 15.0. The molecule has 136 valence electrons. The van der Waals surface area contributed by atoms with Crippen LogP contribution in [-0.2, 0) is 24.6 Å². The van der Waals surface area contributed by atoms with Crippen LogP contribution >= 0.6 is 0 Å². The van der Waals surface area contributed by atoms with Crippen LogP contribution in [0.4, 0.5) is 0 Å². The molecule has 0 radical (unpaired) electrons. The van der Waals surface area contributed by atoms with Gasteiger partial charge in [0.2, 0.25) is 5.84 Å². The van der Waals surface area contributed by atoms with Gasteiger partial charge >= 0.3 is 11.9 Å². The van der Waals surface area contributed by atoms with Crippen molar-refractivity contribution in [3.8, 4) is 0 Å². The van der Waals surface area contributed by atoms with E-state index in [-0.39, 0.29) is 18.4 Å². The number of carbonyl (C=O) groups is 2. The van der Waals surface area contributed by atoms with Crippen LogP contribution < -0.4 is 11.1 Å². The van der Waals surface area contributed by atoms with Crippen LogP contribution in [0.2, 0.25) is 0 Å². The van der Waals surface area contributed by atoms with Crippen molar-refractivity contribution in [2.45, 2.75) is 44.4 Å². The third kappa shape index (κ3) is 4.17. The highest BCUT2D eigenvalue weighted by molar-refractivity contribution is 6.36. The Labute approximate surface area is 147 Å². The van der Waals surface area contributed by atoms with E-state index in [0.717, 1.165) is 0 Å². The van der Waals surface area contributed by atoms with Gasteiger partial charge in [-0.1, -0.05) is 30.3 Å². The number of nitrogens with two attached hydrogens (primary N) is 1. The summed E-state index contributed by atoms with van der Waals surface area (Å²) in [4.78, 5) is 29.1. The first kappa shape index (κ1) is 18.9. The predicted octanol–water partition coefficient (Wildman–Crippen LogP) is 1.12. The zero-order chi connectivity index (χ0) is 18.7. The molecule has 0 aromatic heterocycles. The molecule has 1 aromatic rings. The summed E-state index contributed by atoms with van der Waals surface area (Å²) in [5.74, 6) is -1.13. The molecule has 3 N–H and O–H groups in total. The second-order valence-electron chi connectivity index (χ2n) is 6.88. The van der Waals surface area contributed by atoms with Crippen molar-refractivity contribution < 1.29 is 19.1 Å². The maximum absolute atomic E-state index is 12.5. The highest BCUT2D eigenvalue weighted by Crippen LogP contribution is 2.28. The van der Waals surface area contributed by atoms with Crippen LogP contribution in [0.25, 0.3) is 0 Å². The molecule has 1 aromatic carbocycles. The van der Waals surface area contributed by atoms with Crippen molar-refractivity contribution in [1.29, 1.82) is 0 Å². The molecule has 2 rings (SSSR count). The Morgan fingerprint density at radius 3 is 2.56 bits per heavy atom. The maximum Gasteiger partial charge on any atom is 0.374 e. The first-order chi connectivity index (χ1) is 11.7. The van der Waals surface area contributed by atoms with Gasteiger partial charge in [0.25, 0.3) is 0 Å². The third-order valence-corrected chi connectivity index (χ3v) is 3.98. The van der Waals surface area contributed by atoms with E-state index in [1.54, 1.807) is 26.0 Å². The second kappa shape index (κ2) is 7.23. The molecule has 1 aliphatic rings. The van der Waals surface area contributed by atoms with E-state index in [2.05, 4.69) is 10.3 Å². The predicted molar refractivity (Wildman–Crippen MR) is 94.0 cm³/mol. The highest BCUT2D eigenvalue weighted by Gasteiger charge is 2.47. The van der Waals surface area contributed by atoms with Gasteiger partial charge in [-0.15, -0.1) is 0 Å². The minimum absolute atomic E-state index is 0.00648. The fourth-order valence-electron chi connectivity index (χ4n) is 3.00. The van der Waals surface area contributed by atoms with Gasteiger partial charge in [0.05, 0.1) is 13.7 Å². The molecule has 0 saturated heterocycles. The Bertz CT molecular complexity index is 670. The number of esters is 2. The number of hydrogen-bond acceptors (Lipinski definition) is 7. The average molecular weight is 347 g/mol. The molecule has 2 unspecified atom stereocenters. The number of methoxy groups -OCH3 is 1.